The van der Waals surface area contributed by atoms with Crippen molar-refractivity contribution in [3.63, 3.8) is 0 Å². The highest BCUT2D eigenvalue weighted by molar-refractivity contribution is 5.85. The van der Waals surface area contributed by atoms with Crippen molar-refractivity contribution in [2.24, 2.45) is 47.3 Å². The predicted octanol–water partition coefficient (Wildman–Crippen LogP) is 6.43. The van der Waals surface area contributed by atoms with Gasteiger partial charge in [0.15, 0.2) is 0 Å². The summed E-state index contributed by atoms with van der Waals surface area (Å²) in [6.45, 7) is 1.94. The van der Waals surface area contributed by atoms with Gasteiger partial charge < -0.3 is 14.8 Å². The van der Waals surface area contributed by atoms with E-state index in [2.05, 4.69) is 15.3 Å². The quantitative estimate of drug-likeness (QED) is 0.369. The molecule has 0 unspecified atom stereocenters. The van der Waals surface area contributed by atoms with Crippen molar-refractivity contribution >= 4 is 12.4 Å². The van der Waals surface area contributed by atoms with Crippen LogP contribution >= 0.6 is 12.4 Å². The second-order valence-electron chi connectivity index (χ2n) is 15.8. The first-order valence-corrected chi connectivity index (χ1v) is 17.7. The number of hydrogen-bond donors (Lipinski definition) is 1. The Kier molecular flexibility index (Phi) is 7.38. The van der Waals surface area contributed by atoms with Gasteiger partial charge in [0.2, 0.25) is 17.4 Å². The first-order valence-electron chi connectivity index (χ1n) is 17.7. The molecule has 2 aromatic heterocycles. The number of ether oxygens (including phenoxy) is 2. The first kappa shape index (κ1) is 30.4. The molecule has 11 aliphatic rings. The molecule has 3 aliphatic heterocycles. The van der Waals surface area contributed by atoms with Gasteiger partial charge in [-0.25, -0.2) is 0 Å². The van der Waals surface area contributed by atoms with E-state index in [0.29, 0.717) is 35.1 Å². The van der Waals surface area contributed by atoms with Crippen molar-refractivity contribution in [1.82, 2.24) is 15.3 Å². The normalized spacial score (nSPS) is 44.8. The van der Waals surface area contributed by atoms with Crippen molar-refractivity contribution in [2.75, 3.05) is 13.1 Å². The van der Waals surface area contributed by atoms with Crippen molar-refractivity contribution in [2.45, 2.75) is 100 Å². The minimum absolute atomic E-state index is 0. The third kappa shape index (κ3) is 4.53. The molecular weight excluding hydrogens is 606 g/mol. The molecule has 248 valence electrons. The summed E-state index contributed by atoms with van der Waals surface area (Å²) in [5.41, 5.74) is 1.37. The lowest BCUT2D eigenvalue weighted by Crippen LogP contribution is -2.59. The van der Waals surface area contributed by atoms with Crippen LogP contribution in [0, 0.1) is 47.3 Å². The van der Waals surface area contributed by atoms with Crippen LogP contribution in [0.3, 0.4) is 0 Å². The van der Waals surface area contributed by atoms with Crippen LogP contribution in [-0.4, -0.2) is 40.4 Å². The Bertz CT molecular complexity index is 1310. The van der Waals surface area contributed by atoms with Gasteiger partial charge in [-0.2, -0.15) is 19.6 Å². The molecule has 10 heteroatoms. The first-order chi connectivity index (χ1) is 22.1. The van der Waals surface area contributed by atoms with Gasteiger partial charge in [0.1, 0.15) is 11.4 Å². The third-order valence-corrected chi connectivity index (χ3v) is 13.2. The molecule has 2 aromatic rings. The number of rotatable bonds is 2. The van der Waals surface area contributed by atoms with Crippen LogP contribution in [0.5, 0.6) is 0 Å². The van der Waals surface area contributed by atoms with Gasteiger partial charge in [-0.15, -0.1) is 12.4 Å². The van der Waals surface area contributed by atoms with Gasteiger partial charge in [0.25, 0.3) is 5.79 Å². The average Bonchev–Trinajstić information content (AvgIpc) is 3.66. The number of nitrogens with one attached hydrogen (secondary N) is 1. The van der Waals surface area contributed by atoms with E-state index in [0.717, 1.165) is 49.6 Å². The Hall–Kier alpha value is -1.69. The molecule has 0 aromatic carbocycles. The topological polar surface area (TPSA) is 93.2 Å². The highest BCUT2D eigenvalue weighted by atomic mass is 35.5. The Labute approximate surface area is 277 Å². The molecule has 46 heavy (non-hydrogen) atoms. The monoisotopic (exact) mass is 651 g/mol. The summed E-state index contributed by atoms with van der Waals surface area (Å²) in [5, 5.41) is 3.38. The summed E-state index contributed by atoms with van der Waals surface area (Å²) in [7, 11) is 0. The summed E-state index contributed by atoms with van der Waals surface area (Å²) in [6.07, 6.45) is 18.1. The zero-order valence-corrected chi connectivity index (χ0v) is 27.2. The SMILES string of the molecule is C1CC2(CCN1)OOC1(O2)C2CC3CC(C2)CC1C3.Cl.c1ccc(C2(c3ccccn3)OOC3(O2)C2CC4CC(C2)CC3C4)nc1. The Morgan fingerprint density at radius 1 is 0.543 bits per heavy atom. The summed E-state index contributed by atoms with van der Waals surface area (Å²) in [6, 6.07) is 11.5. The molecule has 1 N–H and O–H groups in total. The maximum absolute atomic E-state index is 6.82. The molecule has 11 fully saturated rings. The fourth-order valence-corrected chi connectivity index (χ4v) is 11.6. The van der Waals surface area contributed by atoms with Gasteiger partial charge in [-0.3, -0.25) is 9.97 Å². The molecular formula is C36H46ClN3O6. The zero-order chi connectivity index (χ0) is 29.7. The second-order valence-corrected chi connectivity index (χ2v) is 15.8. The van der Waals surface area contributed by atoms with Gasteiger partial charge in [0, 0.05) is 62.0 Å². The number of hydrogen-bond acceptors (Lipinski definition) is 9. The largest absolute Gasteiger partial charge is 0.316 e. The Morgan fingerprint density at radius 2 is 1.00 bits per heavy atom. The summed E-state index contributed by atoms with van der Waals surface area (Å²) < 4.78 is 13.4. The van der Waals surface area contributed by atoms with Crippen LogP contribution in [0.25, 0.3) is 0 Å². The number of piperidine rings is 1. The molecule has 8 saturated carbocycles. The lowest BCUT2D eigenvalue weighted by atomic mass is 9.53. The summed E-state index contributed by atoms with van der Waals surface area (Å²) in [5.74, 6) is 2.79. The van der Waals surface area contributed by atoms with E-state index in [1.54, 1.807) is 12.4 Å². The number of nitrogens with zero attached hydrogens (tertiary/aromatic N) is 2. The maximum atomic E-state index is 6.82. The van der Waals surface area contributed by atoms with E-state index in [4.69, 9.17) is 29.0 Å². The van der Waals surface area contributed by atoms with E-state index >= 15 is 0 Å². The molecule has 0 atom stereocenters. The molecule has 3 saturated heterocycles. The Balaban J connectivity index is 0.000000130. The second kappa shape index (κ2) is 11.2. The third-order valence-electron chi connectivity index (χ3n) is 13.2. The van der Waals surface area contributed by atoms with Crippen molar-refractivity contribution < 1.29 is 29.0 Å². The van der Waals surface area contributed by atoms with E-state index in [1.807, 2.05) is 36.4 Å². The van der Waals surface area contributed by atoms with Gasteiger partial charge in [-0.05, 0) is 112 Å². The van der Waals surface area contributed by atoms with Crippen LogP contribution in [-0.2, 0) is 34.8 Å². The fourth-order valence-electron chi connectivity index (χ4n) is 11.6. The molecule has 0 radical (unpaired) electrons. The lowest BCUT2D eigenvalue weighted by Gasteiger charge is -2.57. The molecule has 13 rings (SSSR count). The van der Waals surface area contributed by atoms with Crippen molar-refractivity contribution in [3.05, 3.63) is 60.2 Å². The van der Waals surface area contributed by atoms with Crippen LogP contribution in [0.2, 0.25) is 0 Å². The molecule has 3 spiro atoms. The van der Waals surface area contributed by atoms with Crippen LogP contribution in [0.4, 0.5) is 0 Å². The van der Waals surface area contributed by atoms with Crippen LogP contribution in [0.15, 0.2) is 48.8 Å². The Morgan fingerprint density at radius 3 is 1.46 bits per heavy atom. The molecule has 5 heterocycles. The molecule has 9 nitrogen and oxygen atoms in total. The van der Waals surface area contributed by atoms with E-state index < -0.39 is 17.4 Å². The van der Waals surface area contributed by atoms with Crippen molar-refractivity contribution in [3.8, 4) is 0 Å². The minimum Gasteiger partial charge on any atom is -0.316 e. The van der Waals surface area contributed by atoms with Gasteiger partial charge in [0.05, 0.1) is 0 Å². The minimum atomic E-state index is -1.20. The van der Waals surface area contributed by atoms with Crippen molar-refractivity contribution in [1.29, 1.82) is 0 Å². The highest BCUT2D eigenvalue weighted by Crippen LogP contribution is 2.65. The van der Waals surface area contributed by atoms with Gasteiger partial charge in [-0.1, -0.05) is 12.1 Å². The lowest BCUT2D eigenvalue weighted by molar-refractivity contribution is -0.389. The standard InChI is InChI=1S/C21H22N2O3.C15H23NO3.ClH/c1-3-7-22-18(5-1)21(19-6-2-4-8-23-19)24-20(25-26-21)16-10-14-9-15(12-16)13-17(20)11-14;1-3-16-4-2-14(1)17-15(19-18-14)12-6-10-5-11(8-12)9-13(15)7-10;/h1-8,14-17H,9-13H2;10-13,16H,1-9H2;1H. The maximum Gasteiger partial charge on any atom is 0.290 e. The number of halogens is 1. The smallest absolute Gasteiger partial charge is 0.290 e. The highest BCUT2D eigenvalue weighted by Gasteiger charge is 2.69. The zero-order valence-electron chi connectivity index (χ0n) is 26.4. The van der Waals surface area contributed by atoms with Crippen LogP contribution in [0.1, 0.15) is 88.4 Å². The molecule has 8 aliphatic carbocycles. The van der Waals surface area contributed by atoms with E-state index in [1.165, 1.54) is 64.2 Å². The predicted molar refractivity (Wildman–Crippen MR) is 167 cm³/mol. The van der Waals surface area contributed by atoms with Gasteiger partial charge >= 0.3 is 0 Å². The average molecular weight is 652 g/mol. The molecule has 8 bridgehead atoms. The molecule has 0 amide bonds. The fraction of sp³-hybridized carbons (Fsp3) is 0.722. The number of aromatic nitrogens is 2. The number of pyridine rings is 2. The van der Waals surface area contributed by atoms with Crippen LogP contribution < -0.4 is 5.32 Å². The summed E-state index contributed by atoms with van der Waals surface area (Å²) >= 11 is 0. The van der Waals surface area contributed by atoms with E-state index in [-0.39, 0.29) is 18.2 Å². The summed E-state index contributed by atoms with van der Waals surface area (Å²) in [4.78, 5) is 33.0. The van der Waals surface area contributed by atoms with E-state index in [9.17, 15) is 0 Å².